The minimum absolute atomic E-state index is 0.211. The van der Waals surface area contributed by atoms with Crippen LogP contribution < -0.4 is 10.6 Å². The average molecular weight is 423 g/mol. The van der Waals surface area contributed by atoms with Gasteiger partial charge in [0.1, 0.15) is 6.04 Å². The summed E-state index contributed by atoms with van der Waals surface area (Å²) in [5.74, 6) is -0.548. The molecule has 1 aliphatic rings. The van der Waals surface area contributed by atoms with Gasteiger partial charge >= 0.3 is 0 Å². The van der Waals surface area contributed by atoms with Crippen LogP contribution in [0.15, 0.2) is 59.8 Å². The van der Waals surface area contributed by atoms with Crippen LogP contribution in [0.4, 0.5) is 0 Å². The van der Waals surface area contributed by atoms with E-state index in [0.29, 0.717) is 19.4 Å². The fraction of sp³-hybridized carbons (Fsp3) is 0.375. The Kier molecular flexibility index (Phi) is 7.78. The van der Waals surface area contributed by atoms with Gasteiger partial charge in [0, 0.05) is 31.5 Å². The van der Waals surface area contributed by atoms with Gasteiger partial charge in [-0.15, -0.1) is 0 Å². The Morgan fingerprint density at radius 1 is 1.13 bits per heavy atom. The highest BCUT2D eigenvalue weighted by Crippen LogP contribution is 2.19. The summed E-state index contributed by atoms with van der Waals surface area (Å²) in [4.78, 5) is 33.1. The lowest BCUT2D eigenvalue weighted by Crippen LogP contribution is -2.51. The van der Waals surface area contributed by atoms with Crippen molar-refractivity contribution in [2.75, 3.05) is 27.2 Å². The quantitative estimate of drug-likeness (QED) is 0.647. The van der Waals surface area contributed by atoms with Crippen LogP contribution in [-0.4, -0.2) is 61.8 Å². The maximum absolute atomic E-state index is 12.9. The Bertz CT molecular complexity index is 927. The first-order valence-electron chi connectivity index (χ1n) is 10.5. The van der Waals surface area contributed by atoms with Crippen molar-refractivity contribution in [3.63, 3.8) is 0 Å². The monoisotopic (exact) mass is 422 g/mol. The van der Waals surface area contributed by atoms with Crippen molar-refractivity contribution in [3.8, 4) is 0 Å². The minimum atomic E-state index is -0.748. The van der Waals surface area contributed by atoms with Crippen LogP contribution in [0.1, 0.15) is 23.1 Å². The third kappa shape index (κ3) is 6.39. The van der Waals surface area contributed by atoms with E-state index in [1.807, 2.05) is 80.5 Å². The standard InChI is InChI=1S/C24H30N4O3/c1-17-9-7-8-12-19(17)20-16-22(31-27-20)24(30)26-21(15-18-10-5-4-6-11-18)23(29)25-13-14-28(2)3/h4-12,21-22H,13-16H2,1-3H3,(H,25,29)(H,26,30)/t21-,22-/m1/s1. The van der Waals surface area contributed by atoms with Crippen LogP contribution in [0, 0.1) is 6.92 Å². The summed E-state index contributed by atoms with van der Waals surface area (Å²) >= 11 is 0. The third-order valence-corrected chi connectivity index (χ3v) is 5.19. The van der Waals surface area contributed by atoms with E-state index in [9.17, 15) is 9.59 Å². The molecule has 7 heteroatoms. The van der Waals surface area contributed by atoms with E-state index in [-0.39, 0.29) is 11.8 Å². The summed E-state index contributed by atoms with van der Waals surface area (Å²) in [6.45, 7) is 3.23. The molecule has 2 aromatic carbocycles. The molecule has 0 fully saturated rings. The predicted molar refractivity (Wildman–Crippen MR) is 121 cm³/mol. The molecule has 0 radical (unpaired) electrons. The summed E-state index contributed by atoms with van der Waals surface area (Å²) < 4.78 is 0. The summed E-state index contributed by atoms with van der Waals surface area (Å²) in [5.41, 5.74) is 3.77. The Balaban J connectivity index is 1.63. The molecule has 0 saturated carbocycles. The second-order valence-electron chi connectivity index (χ2n) is 8.00. The molecule has 31 heavy (non-hydrogen) atoms. The number of aryl methyl sites for hydroxylation is 1. The zero-order chi connectivity index (χ0) is 22.2. The molecular formula is C24H30N4O3. The number of benzene rings is 2. The van der Waals surface area contributed by atoms with E-state index in [0.717, 1.165) is 28.9 Å². The molecule has 2 atom stereocenters. The van der Waals surface area contributed by atoms with Crippen molar-refractivity contribution < 1.29 is 14.4 Å². The second kappa shape index (κ2) is 10.7. The molecular weight excluding hydrogens is 392 g/mol. The first-order valence-corrected chi connectivity index (χ1v) is 10.5. The van der Waals surface area contributed by atoms with E-state index in [2.05, 4.69) is 15.8 Å². The maximum Gasteiger partial charge on any atom is 0.265 e. The van der Waals surface area contributed by atoms with Crippen molar-refractivity contribution in [3.05, 3.63) is 71.3 Å². The zero-order valence-corrected chi connectivity index (χ0v) is 18.3. The Hall–Kier alpha value is -3.19. The molecule has 0 spiro atoms. The summed E-state index contributed by atoms with van der Waals surface area (Å²) in [6.07, 6.45) is 0.0257. The molecule has 2 aromatic rings. The highest BCUT2D eigenvalue weighted by atomic mass is 16.6. The average Bonchev–Trinajstić information content (AvgIpc) is 3.24. The number of likely N-dealkylation sites (N-methyl/N-ethyl adjacent to an activating group) is 1. The van der Waals surface area contributed by atoms with Gasteiger partial charge in [-0.05, 0) is 32.1 Å². The smallest absolute Gasteiger partial charge is 0.265 e. The van der Waals surface area contributed by atoms with Crippen molar-refractivity contribution in [2.45, 2.75) is 31.9 Å². The summed E-state index contributed by atoms with van der Waals surface area (Å²) in [7, 11) is 3.89. The Morgan fingerprint density at radius 3 is 2.55 bits per heavy atom. The van der Waals surface area contributed by atoms with Crippen molar-refractivity contribution >= 4 is 17.5 Å². The van der Waals surface area contributed by atoms with Gasteiger partial charge in [0.25, 0.3) is 5.91 Å². The van der Waals surface area contributed by atoms with Gasteiger partial charge in [-0.2, -0.15) is 0 Å². The lowest BCUT2D eigenvalue weighted by Gasteiger charge is -2.20. The number of nitrogens with zero attached hydrogens (tertiary/aromatic N) is 2. The molecule has 0 saturated heterocycles. The Morgan fingerprint density at radius 2 is 1.84 bits per heavy atom. The summed E-state index contributed by atoms with van der Waals surface area (Å²) in [5, 5.41) is 9.90. The third-order valence-electron chi connectivity index (χ3n) is 5.19. The van der Waals surface area contributed by atoms with E-state index < -0.39 is 12.1 Å². The number of amides is 2. The van der Waals surface area contributed by atoms with Gasteiger partial charge in [0.05, 0.1) is 5.71 Å². The Labute approximate surface area is 183 Å². The van der Waals surface area contributed by atoms with Gasteiger partial charge in [-0.1, -0.05) is 59.8 Å². The number of nitrogens with one attached hydrogen (secondary N) is 2. The lowest BCUT2D eigenvalue weighted by molar-refractivity contribution is -0.135. The van der Waals surface area contributed by atoms with E-state index in [4.69, 9.17) is 4.84 Å². The lowest BCUT2D eigenvalue weighted by atomic mass is 9.99. The number of rotatable bonds is 9. The fourth-order valence-electron chi connectivity index (χ4n) is 3.42. The molecule has 1 aliphatic heterocycles. The highest BCUT2D eigenvalue weighted by Gasteiger charge is 2.32. The van der Waals surface area contributed by atoms with Crippen molar-refractivity contribution in [1.82, 2.24) is 15.5 Å². The van der Waals surface area contributed by atoms with E-state index in [1.54, 1.807) is 0 Å². The van der Waals surface area contributed by atoms with Crippen molar-refractivity contribution in [2.24, 2.45) is 5.16 Å². The number of hydrogen-bond acceptors (Lipinski definition) is 5. The molecule has 2 amide bonds. The van der Waals surface area contributed by atoms with Crippen LogP contribution in [0.2, 0.25) is 0 Å². The van der Waals surface area contributed by atoms with Crippen molar-refractivity contribution in [1.29, 1.82) is 0 Å². The molecule has 164 valence electrons. The minimum Gasteiger partial charge on any atom is -0.382 e. The van der Waals surface area contributed by atoms with Gasteiger partial charge in [-0.3, -0.25) is 9.59 Å². The largest absolute Gasteiger partial charge is 0.382 e. The van der Waals surface area contributed by atoms with Gasteiger partial charge in [-0.25, -0.2) is 0 Å². The molecule has 2 N–H and O–H groups in total. The number of hydrogen-bond donors (Lipinski definition) is 2. The molecule has 1 heterocycles. The fourth-order valence-corrected chi connectivity index (χ4v) is 3.42. The number of carbonyl (C=O) groups is 2. The van der Waals surface area contributed by atoms with Gasteiger partial charge in [0.15, 0.2) is 0 Å². The number of oxime groups is 1. The summed E-state index contributed by atoms with van der Waals surface area (Å²) in [6, 6.07) is 16.8. The predicted octanol–water partition coefficient (Wildman–Crippen LogP) is 1.89. The van der Waals surface area contributed by atoms with Crippen LogP contribution in [0.3, 0.4) is 0 Å². The molecule has 0 bridgehead atoms. The molecule has 0 aliphatic carbocycles. The van der Waals surface area contributed by atoms with Crippen LogP contribution in [-0.2, 0) is 20.8 Å². The SMILES string of the molecule is Cc1ccccc1C1=NO[C@@H](C(=O)N[C@H](Cc2ccccc2)C(=O)NCCN(C)C)C1. The van der Waals surface area contributed by atoms with Gasteiger partial charge in [0.2, 0.25) is 12.0 Å². The number of carbonyl (C=O) groups excluding carboxylic acids is 2. The zero-order valence-electron chi connectivity index (χ0n) is 18.3. The normalized spacial score (nSPS) is 16.4. The van der Waals surface area contributed by atoms with E-state index >= 15 is 0 Å². The van der Waals surface area contributed by atoms with Crippen LogP contribution in [0.5, 0.6) is 0 Å². The van der Waals surface area contributed by atoms with E-state index in [1.165, 1.54) is 0 Å². The van der Waals surface area contributed by atoms with Crippen LogP contribution in [0.25, 0.3) is 0 Å². The molecule has 0 unspecified atom stereocenters. The highest BCUT2D eigenvalue weighted by molar-refractivity contribution is 6.05. The topological polar surface area (TPSA) is 83.0 Å². The molecule has 3 rings (SSSR count). The first kappa shape index (κ1) is 22.5. The first-order chi connectivity index (χ1) is 14.9. The maximum atomic E-state index is 12.9. The second-order valence-corrected chi connectivity index (χ2v) is 8.00. The van der Waals surface area contributed by atoms with Crippen LogP contribution >= 0.6 is 0 Å². The van der Waals surface area contributed by atoms with Gasteiger partial charge < -0.3 is 20.4 Å². The molecule has 0 aromatic heterocycles. The molecule has 7 nitrogen and oxygen atoms in total.